The van der Waals surface area contributed by atoms with E-state index in [1.165, 1.54) is 4.31 Å². The highest BCUT2D eigenvalue weighted by Gasteiger charge is 2.26. The Morgan fingerprint density at radius 3 is 2.60 bits per heavy atom. The van der Waals surface area contributed by atoms with E-state index in [-0.39, 0.29) is 27.7 Å². The van der Waals surface area contributed by atoms with Crippen molar-refractivity contribution in [3.8, 4) is 11.5 Å². The second-order valence-electron chi connectivity index (χ2n) is 8.23. The number of carbonyl (C=O) groups is 1. The van der Waals surface area contributed by atoms with E-state index in [9.17, 15) is 13.2 Å². The fraction of sp³-hybridized carbons (Fsp3) is 0.240. The molecule has 0 unspecified atom stereocenters. The number of nitrogens with zero attached hydrogens (tertiary/aromatic N) is 3. The number of sulfonamides is 1. The Hall–Kier alpha value is -3.21. The molecule has 4 aromatic rings. The Bertz CT molecular complexity index is 1460. The van der Waals surface area contributed by atoms with Gasteiger partial charge in [0.25, 0.3) is 5.22 Å². The number of fused-ring (bicyclic) bond motifs is 1. The predicted molar refractivity (Wildman–Crippen MR) is 136 cm³/mol. The van der Waals surface area contributed by atoms with Gasteiger partial charge in [-0.2, -0.15) is 4.31 Å². The zero-order valence-electron chi connectivity index (χ0n) is 18.9. The van der Waals surface area contributed by atoms with Gasteiger partial charge in [-0.1, -0.05) is 60.6 Å². The molecule has 0 spiro atoms. The smallest absolute Gasteiger partial charge is 0.277 e. The SMILES string of the molecule is O=C(CSc1nnc(-c2cccc(S(=O)(=O)N3CCCCC3)c2)o1)Nc1cccc2ccccc12. The van der Waals surface area contributed by atoms with Gasteiger partial charge in [-0.3, -0.25) is 4.79 Å². The molecular weight excluding hydrogens is 484 g/mol. The second-order valence-corrected chi connectivity index (χ2v) is 11.1. The van der Waals surface area contributed by atoms with Crippen molar-refractivity contribution in [2.75, 3.05) is 24.2 Å². The van der Waals surface area contributed by atoms with Crippen LogP contribution in [0.1, 0.15) is 19.3 Å². The number of benzene rings is 3. The van der Waals surface area contributed by atoms with Crippen LogP contribution >= 0.6 is 11.8 Å². The number of anilines is 1. The van der Waals surface area contributed by atoms with Crippen LogP contribution < -0.4 is 5.32 Å². The maximum absolute atomic E-state index is 13.0. The summed E-state index contributed by atoms with van der Waals surface area (Å²) >= 11 is 1.12. The van der Waals surface area contributed by atoms with Gasteiger partial charge in [0.2, 0.25) is 21.8 Å². The number of rotatable bonds is 7. The largest absolute Gasteiger partial charge is 0.411 e. The molecule has 1 amide bonds. The first kappa shape index (κ1) is 23.5. The van der Waals surface area contributed by atoms with Crippen molar-refractivity contribution in [3.05, 3.63) is 66.7 Å². The van der Waals surface area contributed by atoms with Crippen molar-refractivity contribution in [2.24, 2.45) is 0 Å². The molecule has 0 atom stereocenters. The van der Waals surface area contributed by atoms with Crippen LogP contribution in [0.4, 0.5) is 5.69 Å². The molecule has 0 aliphatic carbocycles. The Kier molecular flexibility index (Phi) is 6.85. The molecule has 5 rings (SSSR count). The lowest BCUT2D eigenvalue weighted by Crippen LogP contribution is -2.35. The minimum Gasteiger partial charge on any atom is -0.411 e. The van der Waals surface area contributed by atoms with Crippen LogP contribution in [0.5, 0.6) is 0 Å². The molecule has 10 heteroatoms. The first-order valence-electron chi connectivity index (χ1n) is 11.4. The fourth-order valence-electron chi connectivity index (χ4n) is 4.08. The van der Waals surface area contributed by atoms with Gasteiger partial charge in [0.15, 0.2) is 0 Å². The second kappa shape index (κ2) is 10.2. The lowest BCUT2D eigenvalue weighted by atomic mass is 10.1. The molecule has 0 radical (unpaired) electrons. The van der Waals surface area contributed by atoms with E-state index in [2.05, 4.69) is 15.5 Å². The van der Waals surface area contributed by atoms with Crippen molar-refractivity contribution in [3.63, 3.8) is 0 Å². The summed E-state index contributed by atoms with van der Waals surface area (Å²) in [4.78, 5) is 12.7. The topological polar surface area (TPSA) is 105 Å². The van der Waals surface area contributed by atoms with Gasteiger partial charge in [-0.15, -0.1) is 10.2 Å². The molecular formula is C25H24N4O4S2. The molecule has 180 valence electrons. The summed E-state index contributed by atoms with van der Waals surface area (Å²) in [5.41, 5.74) is 1.26. The van der Waals surface area contributed by atoms with Gasteiger partial charge in [-0.05, 0) is 42.5 Å². The Morgan fingerprint density at radius 2 is 1.74 bits per heavy atom. The highest BCUT2D eigenvalue weighted by molar-refractivity contribution is 7.99. The Morgan fingerprint density at radius 1 is 0.971 bits per heavy atom. The molecule has 35 heavy (non-hydrogen) atoms. The summed E-state index contributed by atoms with van der Waals surface area (Å²) in [6.45, 7) is 1.07. The van der Waals surface area contributed by atoms with Crippen LogP contribution in [0.15, 0.2) is 81.3 Å². The molecule has 8 nitrogen and oxygen atoms in total. The van der Waals surface area contributed by atoms with E-state index in [0.29, 0.717) is 18.7 Å². The van der Waals surface area contributed by atoms with Gasteiger partial charge in [0.1, 0.15) is 0 Å². The van der Waals surface area contributed by atoms with Crippen LogP contribution in [0.25, 0.3) is 22.2 Å². The van der Waals surface area contributed by atoms with Crippen LogP contribution in [-0.4, -0.2) is 47.7 Å². The molecule has 1 aromatic heterocycles. The molecule has 3 aromatic carbocycles. The lowest BCUT2D eigenvalue weighted by Gasteiger charge is -2.25. The van der Waals surface area contributed by atoms with E-state index < -0.39 is 10.0 Å². The van der Waals surface area contributed by atoms with Crippen LogP contribution in [0.3, 0.4) is 0 Å². The van der Waals surface area contributed by atoms with Gasteiger partial charge in [0.05, 0.1) is 10.6 Å². The van der Waals surface area contributed by atoms with E-state index in [1.807, 2.05) is 42.5 Å². The standard InChI is InChI=1S/C25H24N4O4S2/c30-23(26-22-13-7-9-18-8-2-3-12-21(18)22)17-34-25-28-27-24(33-25)19-10-6-11-20(16-19)35(31,32)29-14-4-1-5-15-29/h2-3,6-13,16H,1,4-5,14-15,17H2,(H,26,30). The number of hydrogen-bond donors (Lipinski definition) is 1. The predicted octanol–water partition coefficient (Wildman–Crippen LogP) is 4.80. The Labute approximate surface area is 207 Å². The van der Waals surface area contributed by atoms with Crippen molar-refractivity contribution < 1.29 is 17.6 Å². The first-order chi connectivity index (χ1) is 17.0. The van der Waals surface area contributed by atoms with Gasteiger partial charge >= 0.3 is 0 Å². The van der Waals surface area contributed by atoms with Crippen molar-refractivity contribution in [2.45, 2.75) is 29.4 Å². The highest BCUT2D eigenvalue weighted by Crippen LogP contribution is 2.28. The molecule has 2 heterocycles. The van der Waals surface area contributed by atoms with E-state index in [0.717, 1.165) is 47.5 Å². The molecule has 1 aliphatic heterocycles. The average Bonchev–Trinajstić information content (AvgIpc) is 3.38. The number of carbonyl (C=O) groups excluding carboxylic acids is 1. The first-order valence-corrected chi connectivity index (χ1v) is 13.8. The minimum absolute atomic E-state index is 0.0915. The molecule has 1 N–H and O–H groups in total. The molecule has 0 saturated carbocycles. The number of nitrogens with one attached hydrogen (secondary N) is 1. The maximum Gasteiger partial charge on any atom is 0.277 e. The number of thioether (sulfide) groups is 1. The van der Waals surface area contributed by atoms with E-state index in [4.69, 9.17) is 4.42 Å². The van der Waals surface area contributed by atoms with E-state index >= 15 is 0 Å². The number of piperidine rings is 1. The van der Waals surface area contributed by atoms with Crippen molar-refractivity contribution in [1.82, 2.24) is 14.5 Å². The molecule has 0 bridgehead atoms. The minimum atomic E-state index is -3.57. The lowest BCUT2D eigenvalue weighted by molar-refractivity contribution is -0.113. The summed E-state index contributed by atoms with van der Waals surface area (Å²) in [5.74, 6) is 0.104. The van der Waals surface area contributed by atoms with Gasteiger partial charge in [0, 0.05) is 29.7 Å². The molecule has 1 fully saturated rings. The summed E-state index contributed by atoms with van der Waals surface area (Å²) in [5, 5.41) is 13.2. The fourth-order valence-corrected chi connectivity index (χ4v) is 6.20. The Balaban J connectivity index is 1.25. The molecule has 1 saturated heterocycles. The van der Waals surface area contributed by atoms with Gasteiger partial charge < -0.3 is 9.73 Å². The number of hydrogen-bond acceptors (Lipinski definition) is 7. The zero-order chi connectivity index (χ0) is 24.3. The summed E-state index contributed by atoms with van der Waals surface area (Å²) < 4.78 is 33.2. The third-order valence-corrected chi connectivity index (χ3v) is 8.54. The highest BCUT2D eigenvalue weighted by atomic mass is 32.2. The third-order valence-electron chi connectivity index (χ3n) is 5.83. The average molecular weight is 509 g/mol. The summed E-state index contributed by atoms with van der Waals surface area (Å²) in [6, 6.07) is 20.1. The summed E-state index contributed by atoms with van der Waals surface area (Å²) in [6.07, 6.45) is 2.79. The van der Waals surface area contributed by atoms with Gasteiger partial charge in [-0.25, -0.2) is 8.42 Å². The molecule has 1 aliphatic rings. The van der Waals surface area contributed by atoms with Crippen LogP contribution in [0.2, 0.25) is 0 Å². The number of amides is 1. The van der Waals surface area contributed by atoms with E-state index in [1.54, 1.807) is 24.3 Å². The quantitative estimate of drug-likeness (QED) is 0.358. The van der Waals surface area contributed by atoms with Crippen LogP contribution in [0, 0.1) is 0 Å². The van der Waals surface area contributed by atoms with Crippen molar-refractivity contribution >= 4 is 44.2 Å². The normalized spacial score (nSPS) is 14.7. The number of aromatic nitrogens is 2. The van der Waals surface area contributed by atoms with Crippen molar-refractivity contribution in [1.29, 1.82) is 0 Å². The summed E-state index contributed by atoms with van der Waals surface area (Å²) in [7, 11) is -3.57. The zero-order valence-corrected chi connectivity index (χ0v) is 20.5. The maximum atomic E-state index is 13.0. The van der Waals surface area contributed by atoms with Crippen LogP contribution in [-0.2, 0) is 14.8 Å². The third kappa shape index (κ3) is 5.24. The monoisotopic (exact) mass is 508 g/mol.